The van der Waals surface area contributed by atoms with E-state index in [9.17, 15) is 4.79 Å². The summed E-state index contributed by atoms with van der Waals surface area (Å²) in [6.07, 6.45) is 5.51. The van der Waals surface area contributed by atoms with Gasteiger partial charge in [0.2, 0.25) is 0 Å². The van der Waals surface area contributed by atoms with E-state index in [1.807, 2.05) is 0 Å². The van der Waals surface area contributed by atoms with E-state index in [1.54, 1.807) is 12.4 Å². The molecule has 120 valence electrons. The minimum absolute atomic E-state index is 0.170. The van der Waals surface area contributed by atoms with Gasteiger partial charge in [0.1, 0.15) is 18.0 Å². The van der Waals surface area contributed by atoms with Crippen molar-refractivity contribution < 1.29 is 0 Å². The van der Waals surface area contributed by atoms with Gasteiger partial charge in [-0.3, -0.25) is 4.79 Å². The first-order valence-electron chi connectivity index (χ1n) is 8.17. The lowest BCUT2D eigenvalue weighted by Crippen LogP contribution is -2.47. The smallest absolute Gasteiger partial charge is 0.264 e. The number of nitrogens with one attached hydrogen (secondary N) is 1. The predicted molar refractivity (Wildman–Crippen MR) is 87.9 cm³/mol. The average Bonchev–Trinajstić information content (AvgIpc) is 2.55. The van der Waals surface area contributed by atoms with Crippen molar-refractivity contribution in [2.45, 2.75) is 25.2 Å². The molecule has 7 nitrogen and oxygen atoms in total. The summed E-state index contributed by atoms with van der Waals surface area (Å²) >= 11 is 0. The Morgan fingerprint density at radius 2 is 1.74 bits per heavy atom. The van der Waals surface area contributed by atoms with E-state index in [4.69, 9.17) is 0 Å². The average molecular weight is 312 g/mol. The van der Waals surface area contributed by atoms with E-state index >= 15 is 0 Å². The monoisotopic (exact) mass is 312 g/mol. The number of anilines is 2. The highest BCUT2D eigenvalue weighted by molar-refractivity contribution is 5.44. The first kappa shape index (κ1) is 14.2. The van der Waals surface area contributed by atoms with Crippen LogP contribution in [0.15, 0.2) is 29.3 Å². The highest BCUT2D eigenvalue weighted by atomic mass is 16.1. The van der Waals surface area contributed by atoms with Gasteiger partial charge in [-0.1, -0.05) is 6.42 Å². The van der Waals surface area contributed by atoms with Gasteiger partial charge in [0.15, 0.2) is 0 Å². The maximum Gasteiger partial charge on any atom is 0.264 e. The number of nitrogens with zero attached hydrogens (tertiary/aromatic N) is 5. The van der Waals surface area contributed by atoms with Gasteiger partial charge < -0.3 is 9.80 Å². The van der Waals surface area contributed by atoms with Crippen LogP contribution in [0.5, 0.6) is 0 Å². The van der Waals surface area contributed by atoms with Crippen molar-refractivity contribution in [1.29, 1.82) is 0 Å². The van der Waals surface area contributed by atoms with Gasteiger partial charge >= 0.3 is 0 Å². The molecule has 0 spiro atoms. The fourth-order valence-corrected chi connectivity index (χ4v) is 3.14. The Morgan fingerprint density at radius 1 is 1.00 bits per heavy atom. The maximum absolute atomic E-state index is 11.1. The van der Waals surface area contributed by atoms with Gasteiger partial charge in [-0.15, -0.1) is 0 Å². The zero-order valence-electron chi connectivity index (χ0n) is 13.0. The van der Waals surface area contributed by atoms with Crippen LogP contribution in [0.1, 0.15) is 30.9 Å². The van der Waals surface area contributed by atoms with Gasteiger partial charge in [0.05, 0.1) is 0 Å². The van der Waals surface area contributed by atoms with Crippen LogP contribution in [-0.4, -0.2) is 46.3 Å². The minimum Gasteiger partial charge on any atom is -0.353 e. The lowest BCUT2D eigenvalue weighted by atomic mass is 9.83. The van der Waals surface area contributed by atoms with Crippen LogP contribution in [-0.2, 0) is 0 Å². The number of aromatic amines is 1. The number of aromatic nitrogens is 4. The second-order valence-corrected chi connectivity index (χ2v) is 6.18. The van der Waals surface area contributed by atoms with E-state index in [2.05, 4.69) is 36.0 Å². The van der Waals surface area contributed by atoms with Crippen LogP contribution >= 0.6 is 0 Å². The van der Waals surface area contributed by atoms with E-state index < -0.39 is 0 Å². The summed E-state index contributed by atoms with van der Waals surface area (Å²) in [5, 5.41) is 6.59. The third-order valence-electron chi connectivity index (χ3n) is 4.79. The summed E-state index contributed by atoms with van der Waals surface area (Å²) in [5.41, 5.74) is 1.02. The molecule has 4 rings (SSSR count). The Hall–Kier alpha value is -2.44. The fraction of sp³-hybridized carbons (Fsp3) is 0.500. The highest BCUT2D eigenvalue weighted by Gasteiger charge is 2.23. The summed E-state index contributed by atoms with van der Waals surface area (Å²) in [7, 11) is 0. The molecule has 1 saturated carbocycles. The Bertz CT molecular complexity index is 713. The van der Waals surface area contributed by atoms with Gasteiger partial charge in [-0.25, -0.2) is 15.1 Å². The molecule has 0 atom stereocenters. The lowest BCUT2D eigenvalue weighted by molar-refractivity contribution is 0.410. The number of hydrogen-bond acceptors (Lipinski definition) is 6. The normalized spacial score (nSPS) is 18.8. The zero-order valence-corrected chi connectivity index (χ0v) is 13.0. The maximum atomic E-state index is 11.1. The molecule has 2 aliphatic rings. The van der Waals surface area contributed by atoms with Crippen molar-refractivity contribution in [2.24, 2.45) is 0 Å². The summed E-state index contributed by atoms with van der Waals surface area (Å²) in [6, 6.07) is 5.44. The molecule has 0 amide bonds. The first-order chi connectivity index (χ1) is 11.3. The van der Waals surface area contributed by atoms with Crippen LogP contribution in [0.2, 0.25) is 0 Å². The number of H-pyrrole nitrogens is 1. The molecular weight excluding hydrogens is 292 g/mol. The molecule has 2 fully saturated rings. The Morgan fingerprint density at radius 3 is 2.35 bits per heavy atom. The summed E-state index contributed by atoms with van der Waals surface area (Å²) < 4.78 is 0. The first-order valence-corrected chi connectivity index (χ1v) is 8.17. The lowest BCUT2D eigenvalue weighted by Gasteiger charge is -2.36. The predicted octanol–water partition coefficient (Wildman–Crippen LogP) is 1.15. The SMILES string of the molecule is O=c1ccc(N2CCN(c3cc(C4CCC4)ncn3)CC2)n[nH]1. The van der Waals surface area contributed by atoms with E-state index in [-0.39, 0.29) is 5.56 Å². The summed E-state index contributed by atoms with van der Waals surface area (Å²) in [6.45, 7) is 3.51. The van der Waals surface area contributed by atoms with Gasteiger partial charge in [0.25, 0.3) is 5.56 Å². The summed E-state index contributed by atoms with van der Waals surface area (Å²) in [5.74, 6) is 2.47. The topological polar surface area (TPSA) is 78.0 Å². The molecule has 1 saturated heterocycles. The second-order valence-electron chi connectivity index (χ2n) is 6.18. The van der Waals surface area contributed by atoms with Crippen LogP contribution in [0.3, 0.4) is 0 Å². The van der Waals surface area contributed by atoms with Crippen LogP contribution in [0.25, 0.3) is 0 Å². The van der Waals surface area contributed by atoms with Crippen LogP contribution in [0.4, 0.5) is 11.6 Å². The van der Waals surface area contributed by atoms with Crippen molar-refractivity contribution in [3.8, 4) is 0 Å². The van der Waals surface area contributed by atoms with Crippen LogP contribution < -0.4 is 15.4 Å². The molecule has 0 unspecified atom stereocenters. The third kappa shape index (κ3) is 2.91. The molecule has 2 aromatic heterocycles. The number of piperazine rings is 1. The molecule has 0 aromatic carbocycles. The quantitative estimate of drug-likeness (QED) is 0.916. The molecule has 7 heteroatoms. The van der Waals surface area contributed by atoms with Gasteiger partial charge in [-0.2, -0.15) is 5.10 Å². The summed E-state index contributed by atoms with van der Waals surface area (Å²) in [4.78, 5) is 24.5. The van der Waals surface area contributed by atoms with Crippen molar-refractivity contribution >= 4 is 11.6 Å². The Kier molecular flexibility index (Phi) is 3.69. The molecule has 0 radical (unpaired) electrons. The molecule has 0 bridgehead atoms. The molecule has 1 N–H and O–H groups in total. The molecule has 2 aromatic rings. The highest BCUT2D eigenvalue weighted by Crippen LogP contribution is 2.35. The fourth-order valence-electron chi connectivity index (χ4n) is 3.14. The molecule has 23 heavy (non-hydrogen) atoms. The van der Waals surface area contributed by atoms with Crippen molar-refractivity contribution in [3.05, 3.63) is 40.6 Å². The molecule has 1 aliphatic heterocycles. The zero-order chi connectivity index (χ0) is 15.6. The third-order valence-corrected chi connectivity index (χ3v) is 4.79. The number of hydrogen-bond donors (Lipinski definition) is 1. The second kappa shape index (κ2) is 5.98. The minimum atomic E-state index is -0.170. The van der Waals surface area contributed by atoms with Crippen molar-refractivity contribution in [2.75, 3.05) is 36.0 Å². The Balaban J connectivity index is 1.43. The van der Waals surface area contributed by atoms with E-state index in [1.165, 1.54) is 31.0 Å². The molecule has 1 aliphatic carbocycles. The van der Waals surface area contributed by atoms with E-state index in [0.717, 1.165) is 37.8 Å². The van der Waals surface area contributed by atoms with Gasteiger partial charge in [0, 0.05) is 49.9 Å². The van der Waals surface area contributed by atoms with Crippen molar-refractivity contribution in [3.63, 3.8) is 0 Å². The standard InChI is InChI=1S/C16H20N6O/c23-16-5-4-14(19-20-16)21-6-8-22(9-7-21)15-10-13(17-11-18-15)12-2-1-3-12/h4-5,10-12H,1-3,6-9H2,(H,20,23). The molecule has 3 heterocycles. The number of rotatable bonds is 3. The largest absolute Gasteiger partial charge is 0.353 e. The van der Waals surface area contributed by atoms with Crippen molar-refractivity contribution in [1.82, 2.24) is 20.2 Å². The van der Waals surface area contributed by atoms with E-state index in [0.29, 0.717) is 5.92 Å². The molecular formula is C16H20N6O. The van der Waals surface area contributed by atoms with Gasteiger partial charge in [-0.05, 0) is 18.9 Å². The van der Waals surface area contributed by atoms with Crippen LogP contribution in [0, 0.1) is 0 Å². The Labute approximate surface area is 134 Å².